The van der Waals surface area contributed by atoms with Crippen molar-refractivity contribution in [3.05, 3.63) is 101 Å². The molecule has 0 N–H and O–H groups in total. The lowest BCUT2D eigenvalue weighted by Crippen LogP contribution is -2.20. The first-order valence-electron chi connectivity index (χ1n) is 13.6. The zero-order valence-electron chi connectivity index (χ0n) is 24.0. The van der Waals surface area contributed by atoms with Gasteiger partial charge in [0.2, 0.25) is 0 Å². The van der Waals surface area contributed by atoms with E-state index in [9.17, 15) is 9.18 Å². The van der Waals surface area contributed by atoms with Gasteiger partial charge in [0.15, 0.2) is 0 Å². The highest BCUT2D eigenvalue weighted by Gasteiger charge is 2.28. The van der Waals surface area contributed by atoms with Crippen molar-refractivity contribution >= 4 is 51.5 Å². The van der Waals surface area contributed by atoms with Crippen LogP contribution < -0.4 is 4.74 Å². The molecule has 41 heavy (non-hydrogen) atoms. The van der Waals surface area contributed by atoms with Crippen molar-refractivity contribution in [2.24, 2.45) is 5.41 Å². The first-order valence-corrected chi connectivity index (χ1v) is 14.8. The Morgan fingerprint density at radius 2 is 1.73 bits per heavy atom. The van der Waals surface area contributed by atoms with Crippen LogP contribution in [-0.4, -0.2) is 20.6 Å². The van der Waals surface area contributed by atoms with E-state index in [-0.39, 0.29) is 17.2 Å². The molecular formula is C34H34ClFN2O2S. The van der Waals surface area contributed by atoms with Gasteiger partial charge in [0.1, 0.15) is 24.5 Å². The summed E-state index contributed by atoms with van der Waals surface area (Å²) in [7, 11) is 0. The van der Waals surface area contributed by atoms with E-state index in [4.69, 9.17) is 16.3 Å². The van der Waals surface area contributed by atoms with Crippen LogP contribution in [0.15, 0.2) is 77.7 Å². The minimum absolute atomic E-state index is 0.0508. The van der Waals surface area contributed by atoms with Crippen molar-refractivity contribution in [3.8, 4) is 5.75 Å². The predicted octanol–water partition coefficient (Wildman–Crippen LogP) is 9.27. The highest BCUT2D eigenvalue weighted by molar-refractivity contribution is 8.00. The van der Waals surface area contributed by atoms with E-state index >= 15 is 0 Å². The number of aldehydes is 1. The molecule has 0 amide bonds. The maximum Gasteiger partial charge on any atom is 0.130 e. The van der Waals surface area contributed by atoms with E-state index in [1.54, 1.807) is 6.07 Å². The molecule has 5 aromatic rings. The molecule has 3 aromatic carbocycles. The number of hydrogen-bond donors (Lipinski definition) is 0. The first kappa shape index (κ1) is 29.2. The van der Waals surface area contributed by atoms with Crippen molar-refractivity contribution in [1.29, 1.82) is 0 Å². The number of rotatable bonds is 9. The lowest BCUT2D eigenvalue weighted by molar-refractivity contribution is -0.114. The third-order valence-electron chi connectivity index (χ3n) is 6.79. The van der Waals surface area contributed by atoms with Crippen LogP contribution in [0.4, 0.5) is 4.39 Å². The summed E-state index contributed by atoms with van der Waals surface area (Å²) >= 11 is 7.98. The van der Waals surface area contributed by atoms with Crippen molar-refractivity contribution in [1.82, 2.24) is 9.55 Å². The van der Waals surface area contributed by atoms with Crippen LogP contribution in [-0.2, 0) is 24.4 Å². The fourth-order valence-corrected chi connectivity index (χ4v) is 6.16. The molecule has 0 bridgehead atoms. The van der Waals surface area contributed by atoms with Gasteiger partial charge in [-0.3, -0.25) is 0 Å². The van der Waals surface area contributed by atoms with E-state index in [1.165, 1.54) is 12.1 Å². The Morgan fingerprint density at radius 3 is 2.44 bits per heavy atom. The van der Waals surface area contributed by atoms with Crippen molar-refractivity contribution in [2.75, 3.05) is 0 Å². The van der Waals surface area contributed by atoms with Crippen LogP contribution in [0, 0.1) is 11.2 Å². The lowest BCUT2D eigenvalue weighted by atomic mass is 9.89. The fourth-order valence-electron chi connectivity index (χ4n) is 4.84. The molecule has 0 saturated heterocycles. The van der Waals surface area contributed by atoms with Gasteiger partial charge < -0.3 is 14.1 Å². The molecular weight excluding hydrogens is 555 g/mol. The number of pyridine rings is 1. The van der Waals surface area contributed by atoms with Gasteiger partial charge in [0.05, 0.1) is 11.2 Å². The minimum Gasteiger partial charge on any atom is -0.487 e. The topological polar surface area (TPSA) is 44.1 Å². The summed E-state index contributed by atoms with van der Waals surface area (Å²) in [5, 5.41) is 2.55. The summed E-state index contributed by atoms with van der Waals surface area (Å²) in [4.78, 5) is 17.8. The third kappa shape index (κ3) is 6.94. The Balaban J connectivity index is 1.56. The number of ether oxygens (including phenoxy) is 1. The van der Waals surface area contributed by atoms with Gasteiger partial charge in [-0.1, -0.05) is 64.4 Å². The van der Waals surface area contributed by atoms with Gasteiger partial charge in [-0.15, -0.1) is 11.8 Å². The number of halogens is 2. The van der Waals surface area contributed by atoms with E-state index in [0.29, 0.717) is 18.0 Å². The maximum atomic E-state index is 13.6. The second kappa shape index (κ2) is 11.5. The molecule has 7 heteroatoms. The number of carbonyl (C=O) groups is 1. The second-order valence-electron chi connectivity index (χ2n) is 12.1. The number of benzene rings is 3. The molecule has 0 atom stereocenters. The number of fused-ring (bicyclic) bond motifs is 2. The zero-order chi connectivity index (χ0) is 29.4. The van der Waals surface area contributed by atoms with Crippen molar-refractivity contribution in [2.45, 2.75) is 63.8 Å². The molecule has 0 spiro atoms. The smallest absolute Gasteiger partial charge is 0.130 e. The zero-order valence-corrected chi connectivity index (χ0v) is 25.6. The Morgan fingerprint density at radius 1 is 0.976 bits per heavy atom. The summed E-state index contributed by atoms with van der Waals surface area (Å²) in [5.74, 6) is 0.457. The predicted molar refractivity (Wildman–Crippen MR) is 168 cm³/mol. The van der Waals surface area contributed by atoms with Gasteiger partial charge in [0.25, 0.3) is 0 Å². The van der Waals surface area contributed by atoms with E-state index in [0.717, 1.165) is 55.7 Å². The first-order chi connectivity index (χ1) is 19.4. The summed E-state index contributed by atoms with van der Waals surface area (Å²) in [6.45, 7) is 11.5. The normalized spacial score (nSPS) is 12.3. The molecule has 0 aliphatic carbocycles. The van der Waals surface area contributed by atoms with Crippen LogP contribution >= 0.6 is 23.4 Å². The van der Waals surface area contributed by atoms with Crippen LogP contribution in [0.1, 0.15) is 51.6 Å². The van der Waals surface area contributed by atoms with Crippen molar-refractivity contribution in [3.63, 3.8) is 0 Å². The summed E-state index contributed by atoms with van der Waals surface area (Å²) in [5.41, 5.74) is 4.32. The van der Waals surface area contributed by atoms with Gasteiger partial charge >= 0.3 is 0 Å². The second-order valence-corrected chi connectivity index (χ2v) is 14.4. The average Bonchev–Trinajstić information content (AvgIpc) is 3.18. The standard InChI is InChI=1S/C34H34ClFN2O2S/c1-33(2,3)41-32-28-17-27(40-20-26-12-8-23-16-25(36)11-14-29(23)37-26)13-15-30(28)38(31(32)18-34(4,5)21-39)19-22-6-9-24(35)10-7-22/h6-17,21H,18-20H2,1-5H3. The molecule has 0 radical (unpaired) electrons. The Hall–Kier alpha value is -3.35. The number of carbonyl (C=O) groups excluding carboxylic acids is 1. The number of thioether (sulfide) groups is 1. The van der Waals surface area contributed by atoms with Crippen molar-refractivity contribution < 1.29 is 13.9 Å². The van der Waals surface area contributed by atoms with E-state index < -0.39 is 5.41 Å². The quantitative estimate of drug-likeness (QED) is 0.127. The molecule has 212 valence electrons. The Labute approximate surface area is 249 Å². The van der Waals surface area contributed by atoms with Gasteiger partial charge in [0, 0.05) is 55.0 Å². The number of aromatic nitrogens is 2. The molecule has 0 aliphatic rings. The van der Waals surface area contributed by atoms with Crippen LogP contribution in [0.3, 0.4) is 0 Å². The van der Waals surface area contributed by atoms with Gasteiger partial charge in [-0.2, -0.15) is 0 Å². The Bertz CT molecular complexity index is 1720. The fraction of sp³-hybridized carbons (Fsp3) is 0.294. The number of hydrogen-bond acceptors (Lipinski definition) is 4. The van der Waals surface area contributed by atoms with E-state index in [2.05, 4.69) is 42.5 Å². The highest BCUT2D eigenvalue weighted by Crippen LogP contribution is 2.44. The molecule has 0 saturated carbocycles. The van der Waals surface area contributed by atoms with E-state index in [1.807, 2.05) is 68.1 Å². The Kier molecular flexibility index (Phi) is 8.18. The molecule has 5 rings (SSSR count). The molecule has 2 aromatic heterocycles. The number of nitrogens with zero attached hydrogens (tertiary/aromatic N) is 2. The van der Waals surface area contributed by atoms with Crippen LogP contribution in [0.2, 0.25) is 5.02 Å². The average molecular weight is 589 g/mol. The highest BCUT2D eigenvalue weighted by atomic mass is 35.5. The van der Waals surface area contributed by atoms with Crippen LogP contribution in [0.5, 0.6) is 5.75 Å². The molecule has 4 nitrogen and oxygen atoms in total. The molecule has 0 fully saturated rings. The summed E-state index contributed by atoms with van der Waals surface area (Å²) in [6, 6.07) is 22.4. The largest absolute Gasteiger partial charge is 0.487 e. The van der Waals surface area contributed by atoms with Crippen LogP contribution in [0.25, 0.3) is 21.8 Å². The van der Waals surface area contributed by atoms with Gasteiger partial charge in [-0.05, 0) is 60.2 Å². The molecule has 2 heterocycles. The maximum absolute atomic E-state index is 13.6. The summed E-state index contributed by atoms with van der Waals surface area (Å²) in [6.07, 6.45) is 1.65. The molecule has 0 unspecified atom stereocenters. The minimum atomic E-state index is -0.524. The SMILES string of the molecule is CC(C)(C=O)Cc1c(SC(C)(C)C)c2cc(OCc3ccc4cc(F)ccc4n3)ccc2n1Cc1ccc(Cl)cc1. The lowest BCUT2D eigenvalue weighted by Gasteiger charge is -2.23. The monoisotopic (exact) mass is 588 g/mol. The molecule has 0 aliphatic heterocycles. The third-order valence-corrected chi connectivity index (χ3v) is 8.32. The summed E-state index contributed by atoms with van der Waals surface area (Å²) < 4.78 is 22.1. The van der Waals surface area contributed by atoms with Gasteiger partial charge in [-0.25, -0.2) is 9.37 Å².